The van der Waals surface area contributed by atoms with Gasteiger partial charge in [-0.3, -0.25) is 10.5 Å². The van der Waals surface area contributed by atoms with Crippen LogP contribution in [-0.4, -0.2) is 16.9 Å². The molecule has 2 aromatic rings. The van der Waals surface area contributed by atoms with Crippen molar-refractivity contribution in [1.29, 1.82) is 0 Å². The van der Waals surface area contributed by atoms with E-state index in [1.54, 1.807) is 18.0 Å². The minimum Gasteiger partial charge on any atom is -0.493 e. The molecule has 0 amide bonds. The molecule has 0 radical (unpaired) electrons. The maximum Gasteiger partial charge on any atom is 0.161 e. The fourth-order valence-electron chi connectivity index (χ4n) is 1.89. The number of rotatable bonds is 4. The van der Waals surface area contributed by atoms with Gasteiger partial charge >= 0.3 is 0 Å². The molecular weight excluding hydrogens is 216 g/mol. The molecule has 1 aromatic heterocycles. The van der Waals surface area contributed by atoms with Crippen molar-refractivity contribution >= 4 is 0 Å². The molecule has 1 atom stereocenters. The summed E-state index contributed by atoms with van der Waals surface area (Å²) in [6.45, 7) is 0. The molecule has 1 unspecified atom stereocenters. The first-order chi connectivity index (χ1) is 8.27. The number of nitrogens with two attached hydrogens (primary N) is 1. The number of hydrazine groups is 1. The molecular formula is C12H16N4O. The van der Waals surface area contributed by atoms with Crippen molar-refractivity contribution in [3.63, 3.8) is 0 Å². The van der Waals surface area contributed by atoms with Gasteiger partial charge in [-0.2, -0.15) is 5.10 Å². The van der Waals surface area contributed by atoms with Crippen LogP contribution in [0.4, 0.5) is 0 Å². The lowest BCUT2D eigenvalue weighted by Gasteiger charge is -2.17. The van der Waals surface area contributed by atoms with Crippen LogP contribution in [0.15, 0.2) is 36.5 Å². The van der Waals surface area contributed by atoms with Crippen molar-refractivity contribution < 1.29 is 4.74 Å². The Hall–Kier alpha value is -1.85. The normalized spacial score (nSPS) is 12.4. The van der Waals surface area contributed by atoms with E-state index in [1.807, 2.05) is 37.4 Å². The summed E-state index contributed by atoms with van der Waals surface area (Å²) >= 11 is 0. The summed E-state index contributed by atoms with van der Waals surface area (Å²) in [5.41, 5.74) is 4.77. The smallest absolute Gasteiger partial charge is 0.161 e. The number of benzene rings is 1. The number of hydrogen-bond acceptors (Lipinski definition) is 4. The Morgan fingerprint density at radius 1 is 1.35 bits per heavy atom. The highest BCUT2D eigenvalue weighted by molar-refractivity contribution is 5.36. The van der Waals surface area contributed by atoms with Gasteiger partial charge in [-0.15, -0.1) is 0 Å². The highest BCUT2D eigenvalue weighted by atomic mass is 16.5. The van der Waals surface area contributed by atoms with Gasteiger partial charge in [0.15, 0.2) is 5.75 Å². The zero-order valence-corrected chi connectivity index (χ0v) is 9.92. The molecule has 0 spiro atoms. The molecule has 0 aliphatic rings. The summed E-state index contributed by atoms with van der Waals surface area (Å²) in [7, 11) is 3.49. The van der Waals surface area contributed by atoms with E-state index in [1.165, 1.54) is 0 Å². The average Bonchev–Trinajstić information content (AvgIpc) is 2.74. The fourth-order valence-corrected chi connectivity index (χ4v) is 1.89. The Labute approximate surface area is 100 Å². The van der Waals surface area contributed by atoms with Crippen molar-refractivity contribution in [2.75, 3.05) is 7.11 Å². The van der Waals surface area contributed by atoms with Crippen molar-refractivity contribution in [3.05, 3.63) is 47.8 Å². The number of ether oxygens (including phenoxy) is 1. The van der Waals surface area contributed by atoms with Gasteiger partial charge < -0.3 is 4.74 Å². The number of nitrogens with one attached hydrogen (secondary N) is 1. The van der Waals surface area contributed by atoms with Crippen LogP contribution in [-0.2, 0) is 7.05 Å². The minimum atomic E-state index is -0.140. The van der Waals surface area contributed by atoms with E-state index in [0.717, 1.165) is 17.0 Å². The first kappa shape index (κ1) is 11.6. The van der Waals surface area contributed by atoms with Gasteiger partial charge in [-0.25, -0.2) is 5.43 Å². The molecule has 0 aliphatic heterocycles. The molecule has 1 aromatic carbocycles. The Bertz CT molecular complexity index is 481. The molecule has 1 heterocycles. The standard InChI is InChI=1S/C12H16N4O/c1-16-12(10(17-2)8-14-16)11(15-13)9-6-4-3-5-7-9/h3-8,11,15H,13H2,1-2H3. The molecule has 0 bridgehead atoms. The van der Waals surface area contributed by atoms with E-state index in [2.05, 4.69) is 10.5 Å². The Kier molecular flexibility index (Phi) is 3.41. The molecule has 2 rings (SSSR count). The molecule has 3 N–H and O–H groups in total. The number of aryl methyl sites for hydroxylation is 1. The monoisotopic (exact) mass is 232 g/mol. The zero-order valence-electron chi connectivity index (χ0n) is 9.92. The zero-order chi connectivity index (χ0) is 12.3. The SMILES string of the molecule is COc1cnn(C)c1C(NN)c1ccccc1. The fraction of sp³-hybridized carbons (Fsp3) is 0.250. The lowest BCUT2D eigenvalue weighted by atomic mass is 10.0. The Morgan fingerprint density at radius 3 is 2.65 bits per heavy atom. The molecule has 90 valence electrons. The highest BCUT2D eigenvalue weighted by Gasteiger charge is 2.20. The van der Waals surface area contributed by atoms with Gasteiger partial charge in [0.05, 0.1) is 19.3 Å². The summed E-state index contributed by atoms with van der Waals surface area (Å²) in [6.07, 6.45) is 1.68. The van der Waals surface area contributed by atoms with Crippen molar-refractivity contribution in [1.82, 2.24) is 15.2 Å². The van der Waals surface area contributed by atoms with Gasteiger partial charge in [-0.1, -0.05) is 30.3 Å². The molecule has 5 heteroatoms. The number of aromatic nitrogens is 2. The van der Waals surface area contributed by atoms with E-state index in [0.29, 0.717) is 0 Å². The molecule has 0 fully saturated rings. The first-order valence-electron chi connectivity index (χ1n) is 5.35. The van der Waals surface area contributed by atoms with Crippen LogP contribution in [0.3, 0.4) is 0 Å². The predicted molar refractivity (Wildman–Crippen MR) is 65.4 cm³/mol. The maximum atomic E-state index is 5.64. The van der Waals surface area contributed by atoms with Crippen LogP contribution < -0.4 is 16.0 Å². The van der Waals surface area contributed by atoms with Crippen LogP contribution in [0, 0.1) is 0 Å². The van der Waals surface area contributed by atoms with E-state index in [-0.39, 0.29) is 6.04 Å². The van der Waals surface area contributed by atoms with E-state index < -0.39 is 0 Å². The highest BCUT2D eigenvalue weighted by Crippen LogP contribution is 2.28. The van der Waals surface area contributed by atoms with Gasteiger partial charge in [0.1, 0.15) is 5.69 Å². The number of nitrogens with zero attached hydrogens (tertiary/aromatic N) is 2. The quantitative estimate of drug-likeness (QED) is 0.609. The number of methoxy groups -OCH3 is 1. The summed E-state index contributed by atoms with van der Waals surface area (Å²) in [6, 6.07) is 9.80. The summed E-state index contributed by atoms with van der Waals surface area (Å²) in [5, 5.41) is 4.18. The van der Waals surface area contributed by atoms with Crippen molar-refractivity contribution in [3.8, 4) is 5.75 Å². The Morgan fingerprint density at radius 2 is 2.06 bits per heavy atom. The second-order valence-corrected chi connectivity index (χ2v) is 3.73. The van der Waals surface area contributed by atoms with Gasteiger partial charge in [0.2, 0.25) is 0 Å². The van der Waals surface area contributed by atoms with Crippen LogP contribution in [0.1, 0.15) is 17.3 Å². The topological polar surface area (TPSA) is 65.1 Å². The largest absolute Gasteiger partial charge is 0.493 e. The summed E-state index contributed by atoms with van der Waals surface area (Å²) in [4.78, 5) is 0. The molecule has 0 saturated heterocycles. The van der Waals surface area contributed by atoms with Crippen LogP contribution in [0.2, 0.25) is 0 Å². The third-order valence-electron chi connectivity index (χ3n) is 2.74. The molecule has 17 heavy (non-hydrogen) atoms. The average molecular weight is 232 g/mol. The van der Waals surface area contributed by atoms with E-state index in [9.17, 15) is 0 Å². The van der Waals surface area contributed by atoms with E-state index in [4.69, 9.17) is 10.6 Å². The van der Waals surface area contributed by atoms with Gasteiger partial charge in [-0.05, 0) is 5.56 Å². The van der Waals surface area contributed by atoms with Crippen LogP contribution in [0.5, 0.6) is 5.75 Å². The summed E-state index contributed by atoms with van der Waals surface area (Å²) < 4.78 is 7.05. The van der Waals surface area contributed by atoms with Crippen LogP contribution >= 0.6 is 0 Å². The molecule has 5 nitrogen and oxygen atoms in total. The lowest BCUT2D eigenvalue weighted by molar-refractivity contribution is 0.401. The van der Waals surface area contributed by atoms with Gasteiger partial charge in [0.25, 0.3) is 0 Å². The summed E-state index contributed by atoms with van der Waals surface area (Å²) in [5.74, 6) is 6.36. The maximum absolute atomic E-state index is 5.64. The van der Waals surface area contributed by atoms with Crippen molar-refractivity contribution in [2.45, 2.75) is 6.04 Å². The van der Waals surface area contributed by atoms with E-state index >= 15 is 0 Å². The molecule has 0 saturated carbocycles. The second-order valence-electron chi connectivity index (χ2n) is 3.73. The molecule has 0 aliphatic carbocycles. The lowest BCUT2D eigenvalue weighted by Crippen LogP contribution is -2.30. The van der Waals surface area contributed by atoms with Gasteiger partial charge in [0, 0.05) is 7.05 Å². The Balaban J connectivity index is 2.45. The number of hydrogen-bond donors (Lipinski definition) is 2. The third-order valence-corrected chi connectivity index (χ3v) is 2.74. The van der Waals surface area contributed by atoms with Crippen LogP contribution in [0.25, 0.3) is 0 Å². The third kappa shape index (κ3) is 2.15. The predicted octanol–water partition coefficient (Wildman–Crippen LogP) is 0.981. The minimum absolute atomic E-state index is 0.140. The second kappa shape index (κ2) is 4.99. The first-order valence-corrected chi connectivity index (χ1v) is 5.35. The van der Waals surface area contributed by atoms with Crippen molar-refractivity contribution in [2.24, 2.45) is 12.9 Å².